The maximum Gasteiger partial charge on any atom is 0.325 e. The smallest absolute Gasteiger partial charge is 0.325 e. The van der Waals surface area contributed by atoms with Crippen molar-refractivity contribution >= 4 is 29.4 Å². The van der Waals surface area contributed by atoms with Gasteiger partial charge in [-0.3, -0.25) is 24.5 Å². The third kappa shape index (κ3) is 3.13. The largest absolute Gasteiger partial charge is 0.486 e. The van der Waals surface area contributed by atoms with E-state index >= 15 is 0 Å². The number of ether oxygens (including phenoxy) is 2. The first-order valence-corrected chi connectivity index (χ1v) is 10.8. The first-order chi connectivity index (χ1) is 16.2. The van der Waals surface area contributed by atoms with Gasteiger partial charge in [0.25, 0.3) is 0 Å². The maximum absolute atomic E-state index is 13.7. The summed E-state index contributed by atoms with van der Waals surface area (Å²) in [4.78, 5) is 52.6. The van der Waals surface area contributed by atoms with Crippen molar-refractivity contribution in [3.05, 3.63) is 53.6 Å². The summed E-state index contributed by atoms with van der Waals surface area (Å²) in [6.07, 6.45) is -0.870. The third-order valence-electron chi connectivity index (χ3n) is 6.75. The van der Waals surface area contributed by atoms with Gasteiger partial charge >= 0.3 is 11.9 Å². The number of para-hydroxylation sites is 1. The molecule has 4 unspecified atom stereocenters. The zero-order chi connectivity index (χ0) is 24.2. The van der Waals surface area contributed by atoms with E-state index in [-0.39, 0.29) is 0 Å². The SMILES string of the molecule is Cc1ccccc1N1C(=O)C2C(c3ccc4c(c3)OCCO4)NC(CC(=O)O)(C(=O)O)C2C1=O. The normalized spacial score (nSPS) is 27.6. The number of carbonyl (C=O) groups is 4. The number of anilines is 1. The Morgan fingerprint density at radius 2 is 1.76 bits per heavy atom. The van der Waals surface area contributed by atoms with Crippen LogP contribution < -0.4 is 19.7 Å². The fourth-order valence-corrected chi connectivity index (χ4v) is 5.27. The van der Waals surface area contributed by atoms with Gasteiger partial charge in [0, 0.05) is 6.04 Å². The lowest BCUT2D eigenvalue weighted by Crippen LogP contribution is -2.57. The van der Waals surface area contributed by atoms with Crippen LogP contribution in [0.1, 0.15) is 23.6 Å². The van der Waals surface area contributed by atoms with E-state index in [1.54, 1.807) is 49.4 Å². The molecule has 2 aromatic rings. The summed E-state index contributed by atoms with van der Waals surface area (Å²) < 4.78 is 11.2. The van der Waals surface area contributed by atoms with Crippen LogP contribution in [0.15, 0.2) is 42.5 Å². The van der Waals surface area contributed by atoms with Gasteiger partial charge in [-0.15, -0.1) is 0 Å². The van der Waals surface area contributed by atoms with E-state index in [4.69, 9.17) is 9.47 Å². The van der Waals surface area contributed by atoms with E-state index in [1.165, 1.54) is 0 Å². The molecule has 0 saturated carbocycles. The van der Waals surface area contributed by atoms with E-state index in [2.05, 4.69) is 5.32 Å². The van der Waals surface area contributed by atoms with E-state index in [1.807, 2.05) is 0 Å². The zero-order valence-electron chi connectivity index (χ0n) is 18.2. The third-order valence-corrected chi connectivity index (χ3v) is 6.75. The van der Waals surface area contributed by atoms with Crippen LogP contribution in [0.5, 0.6) is 11.5 Å². The molecule has 3 N–H and O–H groups in total. The Kier molecular flexibility index (Phi) is 5.05. The highest BCUT2D eigenvalue weighted by Crippen LogP contribution is 2.52. The predicted molar refractivity (Wildman–Crippen MR) is 117 cm³/mol. The molecule has 10 nitrogen and oxygen atoms in total. The van der Waals surface area contributed by atoms with Crippen LogP contribution >= 0.6 is 0 Å². The number of aryl methyl sites for hydroxylation is 1. The van der Waals surface area contributed by atoms with Gasteiger partial charge in [0.2, 0.25) is 11.8 Å². The van der Waals surface area contributed by atoms with Crippen molar-refractivity contribution in [3.63, 3.8) is 0 Å². The molecular weight excluding hydrogens is 444 g/mol. The average molecular weight is 466 g/mol. The summed E-state index contributed by atoms with van der Waals surface area (Å²) >= 11 is 0. The van der Waals surface area contributed by atoms with Gasteiger partial charge in [-0.1, -0.05) is 24.3 Å². The Hall–Kier alpha value is -3.92. The number of carbonyl (C=O) groups excluding carboxylic acids is 2. The fraction of sp³-hybridized carbons (Fsp3) is 0.333. The molecule has 3 aliphatic heterocycles. The molecule has 5 rings (SSSR count). The monoisotopic (exact) mass is 466 g/mol. The van der Waals surface area contributed by atoms with Gasteiger partial charge in [0.15, 0.2) is 11.5 Å². The van der Waals surface area contributed by atoms with E-state index < -0.39 is 53.6 Å². The molecule has 4 atom stereocenters. The van der Waals surface area contributed by atoms with Crippen LogP contribution in [0.4, 0.5) is 5.69 Å². The molecule has 0 radical (unpaired) electrons. The molecule has 2 saturated heterocycles. The number of hydrogen-bond donors (Lipinski definition) is 3. The molecule has 2 fully saturated rings. The lowest BCUT2D eigenvalue weighted by molar-refractivity contribution is -0.154. The molecule has 34 heavy (non-hydrogen) atoms. The van der Waals surface area contributed by atoms with Crippen molar-refractivity contribution in [2.45, 2.75) is 24.9 Å². The Morgan fingerprint density at radius 3 is 2.44 bits per heavy atom. The van der Waals surface area contributed by atoms with Gasteiger partial charge in [-0.2, -0.15) is 0 Å². The Morgan fingerprint density at radius 1 is 1.06 bits per heavy atom. The number of hydrogen-bond acceptors (Lipinski definition) is 7. The van der Waals surface area contributed by atoms with Crippen molar-refractivity contribution in [3.8, 4) is 11.5 Å². The number of carboxylic acids is 2. The summed E-state index contributed by atoms with van der Waals surface area (Å²) in [7, 11) is 0. The van der Waals surface area contributed by atoms with Gasteiger partial charge < -0.3 is 19.7 Å². The second-order valence-electron chi connectivity index (χ2n) is 8.67. The quantitative estimate of drug-likeness (QED) is 0.559. The van der Waals surface area contributed by atoms with Gasteiger partial charge in [-0.05, 0) is 36.2 Å². The molecule has 10 heteroatoms. The van der Waals surface area contributed by atoms with Crippen LogP contribution in [0.2, 0.25) is 0 Å². The molecule has 3 heterocycles. The highest BCUT2D eigenvalue weighted by Gasteiger charge is 2.69. The van der Waals surface area contributed by atoms with Crippen molar-refractivity contribution in [1.82, 2.24) is 5.32 Å². The van der Waals surface area contributed by atoms with Gasteiger partial charge in [0.1, 0.15) is 18.8 Å². The summed E-state index contributed by atoms with van der Waals surface area (Å²) in [5, 5.41) is 22.6. The molecule has 0 spiro atoms. The minimum Gasteiger partial charge on any atom is -0.486 e. The van der Waals surface area contributed by atoms with Crippen molar-refractivity contribution < 1.29 is 38.9 Å². The van der Waals surface area contributed by atoms with Gasteiger partial charge in [0.05, 0.1) is 23.9 Å². The number of nitrogens with zero attached hydrogens (tertiary/aromatic N) is 1. The Labute approximate surface area is 194 Å². The Bertz CT molecular complexity index is 1230. The molecule has 2 amide bonds. The summed E-state index contributed by atoms with van der Waals surface area (Å²) in [5.41, 5.74) is -0.659. The standard InChI is InChI=1S/C24H22N2O8/c1-12-4-2-3-5-14(12)26-21(29)18-19(22(26)30)24(23(31)32,11-17(27)28)25-20(18)13-6-7-15-16(10-13)34-9-8-33-15/h2-7,10,18-20,25H,8-9,11H2,1H3,(H,27,28)(H,31,32). The highest BCUT2D eigenvalue weighted by atomic mass is 16.6. The van der Waals surface area contributed by atoms with Crippen molar-refractivity contribution in [1.29, 1.82) is 0 Å². The summed E-state index contributed by atoms with van der Waals surface area (Å²) in [6, 6.07) is 10.8. The molecule has 0 bridgehead atoms. The van der Waals surface area contributed by atoms with E-state index in [0.29, 0.717) is 41.5 Å². The van der Waals surface area contributed by atoms with Crippen LogP contribution in [0, 0.1) is 18.8 Å². The number of imide groups is 1. The zero-order valence-corrected chi connectivity index (χ0v) is 18.2. The number of amides is 2. The van der Waals surface area contributed by atoms with E-state index in [9.17, 15) is 29.4 Å². The maximum atomic E-state index is 13.7. The number of aliphatic carboxylic acids is 2. The van der Waals surface area contributed by atoms with Crippen LogP contribution in [0.3, 0.4) is 0 Å². The fourth-order valence-electron chi connectivity index (χ4n) is 5.27. The summed E-state index contributed by atoms with van der Waals surface area (Å²) in [5.74, 6) is -5.80. The average Bonchev–Trinajstić information content (AvgIpc) is 3.28. The van der Waals surface area contributed by atoms with E-state index in [0.717, 1.165) is 4.90 Å². The second-order valence-corrected chi connectivity index (χ2v) is 8.67. The topological polar surface area (TPSA) is 142 Å². The molecule has 2 aromatic carbocycles. The number of rotatable bonds is 5. The minimum absolute atomic E-state index is 0.331. The lowest BCUT2D eigenvalue weighted by atomic mass is 9.77. The summed E-state index contributed by atoms with van der Waals surface area (Å²) in [6.45, 7) is 2.46. The van der Waals surface area contributed by atoms with Crippen LogP contribution in [-0.2, 0) is 19.2 Å². The number of benzene rings is 2. The minimum atomic E-state index is -2.17. The molecule has 0 aliphatic carbocycles. The van der Waals surface area contributed by atoms with Crippen molar-refractivity contribution in [2.24, 2.45) is 11.8 Å². The molecular formula is C24H22N2O8. The molecule has 0 aromatic heterocycles. The van der Waals surface area contributed by atoms with Crippen molar-refractivity contribution in [2.75, 3.05) is 18.1 Å². The Balaban J connectivity index is 1.65. The first kappa shape index (κ1) is 21.9. The second kappa shape index (κ2) is 7.84. The lowest BCUT2D eigenvalue weighted by Gasteiger charge is -2.30. The highest BCUT2D eigenvalue weighted by molar-refractivity contribution is 6.24. The molecule has 176 valence electrons. The number of fused-ring (bicyclic) bond motifs is 2. The number of nitrogens with one attached hydrogen (secondary N) is 1. The van der Waals surface area contributed by atoms with Crippen LogP contribution in [-0.4, -0.2) is 52.7 Å². The van der Waals surface area contributed by atoms with Crippen LogP contribution in [0.25, 0.3) is 0 Å². The number of carboxylic acid groups (broad SMARTS) is 2. The molecule has 3 aliphatic rings. The predicted octanol–water partition coefficient (Wildman–Crippen LogP) is 1.51. The van der Waals surface area contributed by atoms with Gasteiger partial charge in [-0.25, -0.2) is 4.90 Å². The first-order valence-electron chi connectivity index (χ1n) is 10.8.